The highest BCUT2D eigenvalue weighted by Crippen LogP contribution is 2.16. The minimum absolute atomic E-state index is 0.153. The lowest BCUT2D eigenvalue weighted by Gasteiger charge is -2.17. The summed E-state index contributed by atoms with van der Waals surface area (Å²) in [6, 6.07) is 8.25. The lowest BCUT2D eigenvalue weighted by molar-refractivity contribution is 0.166. The number of carbonyl (C=O) groups excluding carboxylic acids is 1. The molecule has 1 amide bonds. The molecular weight excluding hydrogens is 266 g/mol. The molecule has 5 nitrogen and oxygen atoms in total. The Labute approximate surface area is 125 Å². The van der Waals surface area contributed by atoms with Crippen molar-refractivity contribution in [2.24, 2.45) is 5.73 Å². The highest BCUT2D eigenvalue weighted by molar-refractivity contribution is 5.67. The maximum Gasteiger partial charge on any atom is 0.407 e. The molecule has 0 aromatic heterocycles. The summed E-state index contributed by atoms with van der Waals surface area (Å²) in [7, 11) is 1.38. The van der Waals surface area contributed by atoms with Crippen LogP contribution < -0.4 is 11.1 Å². The number of nitrogens with zero attached hydrogens (tertiary/aromatic N) is 1. The highest BCUT2D eigenvalue weighted by Gasteiger charge is 2.24. The van der Waals surface area contributed by atoms with E-state index in [0.717, 1.165) is 31.6 Å². The summed E-state index contributed by atoms with van der Waals surface area (Å²) < 4.78 is 4.63. The molecule has 1 aliphatic rings. The van der Waals surface area contributed by atoms with E-state index < -0.39 is 0 Å². The van der Waals surface area contributed by atoms with Crippen molar-refractivity contribution in [2.45, 2.75) is 19.0 Å². The third kappa shape index (κ3) is 4.48. The van der Waals surface area contributed by atoms with Gasteiger partial charge >= 0.3 is 6.09 Å². The van der Waals surface area contributed by atoms with Gasteiger partial charge in [-0.25, -0.2) is 4.79 Å². The van der Waals surface area contributed by atoms with Gasteiger partial charge in [-0.1, -0.05) is 30.0 Å². The molecule has 0 aliphatic carbocycles. The van der Waals surface area contributed by atoms with Crippen molar-refractivity contribution in [3.8, 4) is 11.8 Å². The largest absolute Gasteiger partial charge is 0.453 e. The molecule has 3 N–H and O–H groups in total. The van der Waals surface area contributed by atoms with Gasteiger partial charge in [0.1, 0.15) is 0 Å². The van der Waals surface area contributed by atoms with E-state index in [9.17, 15) is 4.79 Å². The number of amides is 1. The van der Waals surface area contributed by atoms with Crippen LogP contribution in [-0.2, 0) is 11.3 Å². The number of hydrogen-bond acceptors (Lipinski definition) is 4. The Balaban J connectivity index is 1.96. The molecule has 1 atom stereocenters. The van der Waals surface area contributed by atoms with Gasteiger partial charge in [0.15, 0.2) is 0 Å². The number of methoxy groups -OCH3 is 1. The third-order valence-corrected chi connectivity index (χ3v) is 3.52. The lowest BCUT2D eigenvalue weighted by Crippen LogP contribution is -2.36. The molecule has 1 fully saturated rings. The van der Waals surface area contributed by atoms with Gasteiger partial charge in [-0.15, -0.1) is 0 Å². The summed E-state index contributed by atoms with van der Waals surface area (Å²) >= 11 is 0. The van der Waals surface area contributed by atoms with E-state index in [0.29, 0.717) is 6.54 Å². The van der Waals surface area contributed by atoms with Crippen LogP contribution in [0.5, 0.6) is 0 Å². The van der Waals surface area contributed by atoms with Crippen LogP contribution in [0.4, 0.5) is 4.79 Å². The average Bonchev–Trinajstić information content (AvgIpc) is 2.93. The maximum absolute atomic E-state index is 11.2. The summed E-state index contributed by atoms with van der Waals surface area (Å²) in [5.41, 5.74) is 7.64. The first kappa shape index (κ1) is 15.4. The maximum atomic E-state index is 11.2. The Morgan fingerprint density at radius 1 is 1.52 bits per heavy atom. The number of alkyl carbamates (subject to hydrolysis) is 1. The molecule has 1 aromatic rings. The Morgan fingerprint density at radius 3 is 3.10 bits per heavy atom. The third-order valence-electron chi connectivity index (χ3n) is 3.52. The number of likely N-dealkylation sites (tertiary alicyclic amines) is 1. The van der Waals surface area contributed by atoms with Crippen LogP contribution in [0.2, 0.25) is 0 Å². The average molecular weight is 287 g/mol. The number of benzene rings is 1. The van der Waals surface area contributed by atoms with Crippen molar-refractivity contribution in [2.75, 3.05) is 26.7 Å². The van der Waals surface area contributed by atoms with Crippen LogP contribution in [0.3, 0.4) is 0 Å². The smallest absolute Gasteiger partial charge is 0.407 e. The van der Waals surface area contributed by atoms with Crippen LogP contribution in [0.25, 0.3) is 0 Å². The summed E-state index contributed by atoms with van der Waals surface area (Å²) in [5, 5.41) is 2.85. The van der Waals surface area contributed by atoms with Crippen LogP contribution in [-0.4, -0.2) is 43.8 Å². The van der Waals surface area contributed by atoms with Crippen LogP contribution >= 0.6 is 0 Å². The Kier molecular flexibility index (Phi) is 5.61. The standard InChI is InChI=1S/C16H21N3O2/c1-21-16(20)18-15-8-10-19(12-15)11-14-6-3-2-5-13(14)7-4-9-17/h2-3,5-6,15H,8-12,17H2,1H3,(H,18,20). The van der Waals surface area contributed by atoms with Gasteiger partial charge < -0.3 is 15.8 Å². The molecule has 0 radical (unpaired) electrons. The Bertz CT molecular complexity index is 548. The minimum Gasteiger partial charge on any atom is -0.453 e. The van der Waals surface area contributed by atoms with Crippen LogP contribution in [0, 0.1) is 11.8 Å². The van der Waals surface area contributed by atoms with E-state index in [-0.39, 0.29) is 12.1 Å². The number of rotatable bonds is 3. The van der Waals surface area contributed by atoms with E-state index >= 15 is 0 Å². The predicted octanol–water partition coefficient (Wildman–Crippen LogP) is 0.927. The number of nitrogens with two attached hydrogens (primary N) is 1. The zero-order valence-electron chi connectivity index (χ0n) is 12.3. The van der Waals surface area contributed by atoms with Gasteiger partial charge in [-0.05, 0) is 18.1 Å². The molecule has 0 saturated carbocycles. The van der Waals surface area contributed by atoms with Gasteiger partial charge in [0.05, 0.1) is 13.7 Å². The molecule has 1 unspecified atom stereocenters. The van der Waals surface area contributed by atoms with Gasteiger partial charge in [0, 0.05) is 31.2 Å². The molecule has 0 spiro atoms. The van der Waals surface area contributed by atoms with E-state index in [2.05, 4.69) is 32.9 Å². The van der Waals surface area contributed by atoms with Crippen molar-refractivity contribution in [1.29, 1.82) is 0 Å². The number of hydrogen-bond donors (Lipinski definition) is 2. The molecular formula is C16H21N3O2. The first-order valence-corrected chi connectivity index (χ1v) is 7.06. The molecule has 1 heterocycles. The monoisotopic (exact) mass is 287 g/mol. The number of carbonyl (C=O) groups is 1. The highest BCUT2D eigenvalue weighted by atomic mass is 16.5. The fraction of sp³-hybridized carbons (Fsp3) is 0.438. The Morgan fingerprint density at radius 2 is 2.33 bits per heavy atom. The fourth-order valence-corrected chi connectivity index (χ4v) is 2.49. The Hall–Kier alpha value is -2.03. The summed E-state index contributed by atoms with van der Waals surface area (Å²) in [4.78, 5) is 13.5. The molecule has 112 valence electrons. The van der Waals surface area contributed by atoms with Crippen molar-refractivity contribution in [3.63, 3.8) is 0 Å². The summed E-state index contributed by atoms with van der Waals surface area (Å²) in [5.74, 6) is 6.01. The van der Waals surface area contributed by atoms with Crippen molar-refractivity contribution >= 4 is 6.09 Å². The normalized spacial score (nSPS) is 17.9. The van der Waals surface area contributed by atoms with Gasteiger partial charge in [-0.2, -0.15) is 0 Å². The van der Waals surface area contributed by atoms with Crippen molar-refractivity contribution < 1.29 is 9.53 Å². The quantitative estimate of drug-likeness (QED) is 0.812. The zero-order chi connectivity index (χ0) is 15.1. The predicted molar refractivity (Wildman–Crippen MR) is 81.6 cm³/mol. The first-order chi connectivity index (χ1) is 10.2. The van der Waals surface area contributed by atoms with E-state index in [1.165, 1.54) is 12.7 Å². The van der Waals surface area contributed by atoms with Gasteiger partial charge in [0.2, 0.25) is 0 Å². The van der Waals surface area contributed by atoms with Gasteiger partial charge in [0.25, 0.3) is 0 Å². The van der Waals surface area contributed by atoms with Gasteiger partial charge in [-0.3, -0.25) is 4.90 Å². The summed E-state index contributed by atoms with van der Waals surface area (Å²) in [6.45, 7) is 2.97. The summed E-state index contributed by atoms with van der Waals surface area (Å²) in [6.07, 6.45) is 0.571. The second-order valence-corrected chi connectivity index (χ2v) is 5.02. The van der Waals surface area contributed by atoms with E-state index in [1.54, 1.807) is 0 Å². The zero-order valence-corrected chi connectivity index (χ0v) is 12.3. The molecule has 21 heavy (non-hydrogen) atoms. The van der Waals surface area contributed by atoms with Crippen molar-refractivity contribution in [1.82, 2.24) is 10.2 Å². The first-order valence-electron chi connectivity index (χ1n) is 7.06. The second-order valence-electron chi connectivity index (χ2n) is 5.02. The molecule has 1 aliphatic heterocycles. The topological polar surface area (TPSA) is 67.6 Å². The molecule has 1 aromatic carbocycles. The fourth-order valence-electron chi connectivity index (χ4n) is 2.49. The van der Waals surface area contributed by atoms with E-state index in [1.807, 2.05) is 18.2 Å². The minimum atomic E-state index is -0.365. The molecule has 0 bridgehead atoms. The molecule has 1 saturated heterocycles. The van der Waals surface area contributed by atoms with E-state index in [4.69, 9.17) is 5.73 Å². The SMILES string of the molecule is COC(=O)NC1CCN(Cc2ccccc2C#CCN)C1. The second kappa shape index (κ2) is 7.67. The molecule has 2 rings (SSSR count). The lowest BCUT2D eigenvalue weighted by atomic mass is 10.1. The molecule has 5 heteroatoms. The van der Waals surface area contributed by atoms with Crippen LogP contribution in [0.15, 0.2) is 24.3 Å². The number of nitrogens with one attached hydrogen (secondary N) is 1. The van der Waals surface area contributed by atoms with Crippen LogP contribution in [0.1, 0.15) is 17.5 Å². The van der Waals surface area contributed by atoms with Crippen molar-refractivity contribution in [3.05, 3.63) is 35.4 Å². The number of ether oxygens (including phenoxy) is 1.